The predicted octanol–water partition coefficient (Wildman–Crippen LogP) is 5.37. The van der Waals surface area contributed by atoms with E-state index in [1.54, 1.807) is 31.2 Å². The molecule has 1 spiro atoms. The fourth-order valence-corrected chi connectivity index (χ4v) is 5.38. The van der Waals surface area contributed by atoms with E-state index in [-0.39, 0.29) is 17.1 Å². The zero-order chi connectivity index (χ0) is 22.1. The normalized spacial score (nSPS) is 19.5. The number of nitrogens with zero attached hydrogens (tertiary/aromatic N) is 2. The summed E-state index contributed by atoms with van der Waals surface area (Å²) in [6, 6.07) is 28.8. The van der Waals surface area contributed by atoms with E-state index in [9.17, 15) is 9.59 Å². The summed E-state index contributed by atoms with van der Waals surface area (Å²) < 4.78 is 0. The Bertz CT molecular complexity index is 1100. The first-order valence-electron chi connectivity index (χ1n) is 11.3. The molecule has 5 rings (SSSR count). The summed E-state index contributed by atoms with van der Waals surface area (Å²) in [7, 11) is 0. The number of anilines is 1. The largest absolute Gasteiger partial charge is 0.363 e. The van der Waals surface area contributed by atoms with Crippen LogP contribution in [0.2, 0.25) is 0 Å². The lowest BCUT2D eigenvalue weighted by Gasteiger charge is -2.61. The Morgan fingerprint density at radius 1 is 0.781 bits per heavy atom. The van der Waals surface area contributed by atoms with Gasteiger partial charge in [-0.25, -0.2) is 0 Å². The second-order valence-electron chi connectivity index (χ2n) is 9.06. The third-order valence-corrected chi connectivity index (χ3v) is 7.16. The van der Waals surface area contributed by atoms with Gasteiger partial charge in [0.25, 0.3) is 5.91 Å². The molecule has 2 fully saturated rings. The molecular weight excluding hydrogens is 396 g/mol. The lowest BCUT2D eigenvalue weighted by Crippen LogP contribution is -2.62. The van der Waals surface area contributed by atoms with Gasteiger partial charge in [0.1, 0.15) is 0 Å². The van der Waals surface area contributed by atoms with Crippen molar-refractivity contribution >= 4 is 17.4 Å². The maximum atomic E-state index is 13.1. The van der Waals surface area contributed by atoms with Crippen molar-refractivity contribution in [2.45, 2.75) is 25.8 Å². The lowest BCUT2D eigenvalue weighted by molar-refractivity contribution is 0.0271. The van der Waals surface area contributed by atoms with Gasteiger partial charge in [-0.1, -0.05) is 60.7 Å². The summed E-state index contributed by atoms with van der Waals surface area (Å²) in [5.41, 5.74) is 4.09. The van der Waals surface area contributed by atoms with Gasteiger partial charge in [0.15, 0.2) is 5.78 Å². The average molecular weight is 425 g/mol. The van der Waals surface area contributed by atoms with Gasteiger partial charge in [-0.15, -0.1) is 0 Å². The molecule has 3 aromatic carbocycles. The number of para-hydroxylation sites is 1. The Morgan fingerprint density at radius 3 is 1.94 bits per heavy atom. The van der Waals surface area contributed by atoms with E-state index < -0.39 is 0 Å². The number of rotatable bonds is 4. The Morgan fingerprint density at radius 2 is 1.34 bits per heavy atom. The molecule has 2 saturated heterocycles. The number of piperidine rings is 1. The van der Waals surface area contributed by atoms with E-state index in [1.807, 2.05) is 4.90 Å². The number of Topliss-reactive ketones (excluding diaryl/α,β-unsaturated/α-hetero) is 1. The molecule has 4 nitrogen and oxygen atoms in total. The zero-order valence-corrected chi connectivity index (χ0v) is 18.4. The maximum absolute atomic E-state index is 13.1. The van der Waals surface area contributed by atoms with Crippen LogP contribution < -0.4 is 4.90 Å². The van der Waals surface area contributed by atoms with E-state index in [0.29, 0.717) is 17.2 Å². The van der Waals surface area contributed by atoms with Gasteiger partial charge in [-0.2, -0.15) is 0 Å². The second kappa shape index (κ2) is 8.27. The number of amides is 1. The molecule has 1 unspecified atom stereocenters. The fourth-order valence-electron chi connectivity index (χ4n) is 5.38. The first-order valence-corrected chi connectivity index (χ1v) is 11.3. The molecular formula is C28H28N2O2. The smallest absolute Gasteiger partial charge is 0.253 e. The van der Waals surface area contributed by atoms with E-state index >= 15 is 0 Å². The molecule has 1 atom stereocenters. The van der Waals surface area contributed by atoms with Gasteiger partial charge in [-0.3, -0.25) is 9.59 Å². The van der Waals surface area contributed by atoms with Crippen LogP contribution in [-0.2, 0) is 0 Å². The number of hydrogen-bond acceptors (Lipinski definition) is 3. The van der Waals surface area contributed by atoms with Crippen LogP contribution in [0.25, 0.3) is 0 Å². The highest BCUT2D eigenvalue weighted by atomic mass is 16.2. The predicted molar refractivity (Wildman–Crippen MR) is 127 cm³/mol. The molecule has 2 heterocycles. The van der Waals surface area contributed by atoms with Gasteiger partial charge < -0.3 is 9.80 Å². The van der Waals surface area contributed by atoms with Crippen LogP contribution >= 0.6 is 0 Å². The average Bonchev–Trinajstić information content (AvgIpc) is 2.84. The number of hydrogen-bond donors (Lipinski definition) is 0. The Hall–Kier alpha value is -3.40. The Balaban J connectivity index is 1.33. The third-order valence-electron chi connectivity index (χ3n) is 7.16. The molecule has 0 N–H and O–H groups in total. The van der Waals surface area contributed by atoms with Gasteiger partial charge in [-0.05, 0) is 49.6 Å². The molecule has 32 heavy (non-hydrogen) atoms. The van der Waals surface area contributed by atoms with Gasteiger partial charge in [0, 0.05) is 41.9 Å². The molecule has 4 heteroatoms. The monoisotopic (exact) mass is 424 g/mol. The van der Waals surface area contributed by atoms with Crippen LogP contribution in [0, 0.1) is 5.41 Å². The van der Waals surface area contributed by atoms with E-state index in [2.05, 4.69) is 65.6 Å². The molecule has 0 saturated carbocycles. The highest BCUT2D eigenvalue weighted by Gasteiger charge is 2.54. The van der Waals surface area contributed by atoms with Crippen molar-refractivity contribution in [3.8, 4) is 0 Å². The third kappa shape index (κ3) is 3.60. The molecule has 0 radical (unpaired) electrons. The molecule has 0 bridgehead atoms. The summed E-state index contributed by atoms with van der Waals surface area (Å²) in [5, 5.41) is 0. The van der Waals surface area contributed by atoms with Crippen LogP contribution in [0.4, 0.5) is 5.69 Å². The van der Waals surface area contributed by atoms with Crippen LogP contribution in [0.5, 0.6) is 0 Å². The Kier molecular flexibility index (Phi) is 5.30. The first kappa shape index (κ1) is 20.5. The van der Waals surface area contributed by atoms with Crippen molar-refractivity contribution in [3.05, 3.63) is 102 Å². The van der Waals surface area contributed by atoms with Crippen molar-refractivity contribution in [1.82, 2.24) is 4.90 Å². The number of likely N-dealkylation sites (tertiary alicyclic amines) is 1. The summed E-state index contributed by atoms with van der Waals surface area (Å²) in [6.07, 6.45) is 1.99. The quantitative estimate of drug-likeness (QED) is 0.529. The molecule has 1 amide bonds. The van der Waals surface area contributed by atoms with E-state index in [4.69, 9.17) is 0 Å². The minimum Gasteiger partial charge on any atom is -0.363 e. The van der Waals surface area contributed by atoms with Crippen molar-refractivity contribution in [1.29, 1.82) is 0 Å². The Labute approximate surface area is 189 Å². The minimum absolute atomic E-state index is 0.0174. The van der Waals surface area contributed by atoms with E-state index in [1.165, 1.54) is 11.3 Å². The van der Waals surface area contributed by atoms with Crippen molar-refractivity contribution in [2.75, 3.05) is 24.5 Å². The number of benzene rings is 3. The number of ketones is 1. The lowest BCUT2D eigenvalue weighted by atomic mass is 9.63. The molecule has 0 aliphatic carbocycles. The topological polar surface area (TPSA) is 40.6 Å². The molecule has 3 aromatic rings. The fraction of sp³-hybridized carbons (Fsp3) is 0.286. The van der Waals surface area contributed by atoms with E-state index in [0.717, 1.165) is 32.5 Å². The van der Waals surface area contributed by atoms with Gasteiger partial charge in [0.2, 0.25) is 0 Å². The van der Waals surface area contributed by atoms with Crippen LogP contribution in [0.3, 0.4) is 0 Å². The molecule has 2 aliphatic rings. The van der Waals surface area contributed by atoms with Crippen LogP contribution in [-0.4, -0.2) is 36.2 Å². The highest BCUT2D eigenvalue weighted by molar-refractivity contribution is 5.97. The summed E-state index contributed by atoms with van der Waals surface area (Å²) >= 11 is 0. The van der Waals surface area contributed by atoms with Gasteiger partial charge in [0.05, 0.1) is 6.04 Å². The highest BCUT2D eigenvalue weighted by Crippen LogP contribution is 2.56. The summed E-state index contributed by atoms with van der Waals surface area (Å²) in [5.74, 6) is 0.0780. The molecule has 162 valence electrons. The molecule has 0 aromatic heterocycles. The van der Waals surface area contributed by atoms with Gasteiger partial charge >= 0.3 is 0 Å². The SMILES string of the molecule is CC(=O)c1ccc(C(=O)N2CCC3(CC2)CN(c2ccccc2)C3c2ccccc2)cc1. The number of carbonyl (C=O) groups is 2. The molecule has 2 aliphatic heterocycles. The summed E-state index contributed by atoms with van der Waals surface area (Å²) in [4.78, 5) is 29.1. The minimum atomic E-state index is 0.0174. The number of carbonyl (C=O) groups excluding carboxylic acids is 2. The maximum Gasteiger partial charge on any atom is 0.253 e. The standard InChI is InChI=1S/C28H28N2O2/c1-21(31)22-12-14-24(15-13-22)27(32)29-18-16-28(17-19-29)20-30(25-10-6-3-7-11-25)26(28)23-8-4-2-5-9-23/h2-15,26H,16-20H2,1H3. The van der Waals surface area contributed by atoms with Crippen LogP contribution in [0.15, 0.2) is 84.9 Å². The van der Waals surface area contributed by atoms with Crippen molar-refractivity contribution < 1.29 is 9.59 Å². The zero-order valence-electron chi connectivity index (χ0n) is 18.4. The summed E-state index contributed by atoms with van der Waals surface area (Å²) in [6.45, 7) is 4.09. The second-order valence-corrected chi connectivity index (χ2v) is 9.06. The first-order chi connectivity index (χ1) is 15.6. The van der Waals surface area contributed by atoms with Crippen molar-refractivity contribution in [2.24, 2.45) is 5.41 Å². The van der Waals surface area contributed by atoms with Crippen molar-refractivity contribution in [3.63, 3.8) is 0 Å². The van der Waals surface area contributed by atoms with Crippen LogP contribution in [0.1, 0.15) is 52.1 Å².